The summed E-state index contributed by atoms with van der Waals surface area (Å²) >= 11 is 1.11. The number of benzene rings is 1. The molecular formula is C12H11FN4O2S. The van der Waals surface area contributed by atoms with Crippen LogP contribution in [0, 0.1) is 5.82 Å². The van der Waals surface area contributed by atoms with Crippen LogP contribution in [0.2, 0.25) is 0 Å². The number of hydrogen-bond donors (Lipinski definition) is 2. The molecule has 20 heavy (non-hydrogen) atoms. The van der Waals surface area contributed by atoms with Gasteiger partial charge in [0.15, 0.2) is 17.4 Å². The molecule has 8 heteroatoms. The van der Waals surface area contributed by atoms with E-state index in [9.17, 15) is 9.18 Å². The van der Waals surface area contributed by atoms with E-state index in [2.05, 4.69) is 20.5 Å². The molecule has 1 amide bonds. The van der Waals surface area contributed by atoms with Crippen LogP contribution < -0.4 is 10.2 Å². The molecule has 3 rings (SSSR count). The molecule has 0 bridgehead atoms. The number of aromatic nitrogens is 2. The van der Waals surface area contributed by atoms with Gasteiger partial charge in [-0.15, -0.1) is 0 Å². The molecule has 2 aromatic rings. The number of halogens is 1. The highest BCUT2D eigenvalue weighted by molar-refractivity contribution is 8.14. The van der Waals surface area contributed by atoms with E-state index >= 15 is 0 Å². The first-order valence-corrected chi connectivity index (χ1v) is 6.97. The molecule has 104 valence electrons. The highest BCUT2D eigenvalue weighted by atomic mass is 32.2. The number of carbonyl (C=O) groups is 1. The molecule has 0 fully saturated rings. The van der Waals surface area contributed by atoms with Gasteiger partial charge in [-0.2, -0.15) is 5.10 Å². The molecule has 2 heterocycles. The second-order valence-corrected chi connectivity index (χ2v) is 5.01. The summed E-state index contributed by atoms with van der Waals surface area (Å²) in [5.41, 5.74) is 4.14. The summed E-state index contributed by atoms with van der Waals surface area (Å²) in [7, 11) is 0. The average molecular weight is 294 g/mol. The quantitative estimate of drug-likeness (QED) is 0.910. The lowest BCUT2D eigenvalue weighted by Gasteiger charge is -2.08. The van der Waals surface area contributed by atoms with Crippen molar-refractivity contribution in [1.29, 1.82) is 0 Å². The van der Waals surface area contributed by atoms with Crippen LogP contribution in [0.1, 0.15) is 12.7 Å². The number of hydrogen-bond acceptors (Lipinski definition) is 5. The first-order chi connectivity index (χ1) is 9.67. The van der Waals surface area contributed by atoms with Gasteiger partial charge < -0.3 is 9.72 Å². The third-order valence-corrected chi connectivity index (χ3v) is 3.50. The van der Waals surface area contributed by atoms with Crippen molar-refractivity contribution in [1.82, 2.24) is 15.4 Å². The van der Waals surface area contributed by atoms with E-state index in [0.29, 0.717) is 34.9 Å². The van der Waals surface area contributed by atoms with Crippen LogP contribution in [-0.2, 0) is 0 Å². The summed E-state index contributed by atoms with van der Waals surface area (Å²) < 4.78 is 18.9. The summed E-state index contributed by atoms with van der Waals surface area (Å²) in [5.74, 6) is 0.668. The van der Waals surface area contributed by atoms with Crippen LogP contribution in [-0.4, -0.2) is 33.3 Å². The number of aromatic amines is 1. The number of amides is 1. The fraction of sp³-hybridized carbons (Fsp3) is 0.250. The van der Waals surface area contributed by atoms with Gasteiger partial charge in [-0.1, -0.05) is 11.8 Å². The number of thioether (sulfide) groups is 1. The zero-order valence-electron chi connectivity index (χ0n) is 10.6. The Hall–Kier alpha value is -2.09. The standard InChI is InChI=1S/C12H11FN4O2S/c1-2-19-10-4-8-7(3-6(10)13)14-11(15-8)9-5-20-12(18)17-16-9/h3-4H,2,5H2,1H3,(H,14,15)(H,17,18). The van der Waals surface area contributed by atoms with Gasteiger partial charge >= 0.3 is 0 Å². The summed E-state index contributed by atoms with van der Waals surface area (Å²) in [6, 6.07) is 2.88. The highest BCUT2D eigenvalue weighted by Crippen LogP contribution is 2.24. The number of nitrogens with zero attached hydrogens (tertiary/aromatic N) is 2. The van der Waals surface area contributed by atoms with Crippen molar-refractivity contribution < 1.29 is 13.9 Å². The van der Waals surface area contributed by atoms with Crippen molar-refractivity contribution in [3.05, 3.63) is 23.8 Å². The fourth-order valence-electron chi connectivity index (χ4n) is 1.85. The number of fused-ring (bicyclic) bond motifs is 1. The van der Waals surface area contributed by atoms with Gasteiger partial charge in [0.25, 0.3) is 5.24 Å². The van der Waals surface area contributed by atoms with Gasteiger partial charge in [-0.25, -0.2) is 14.8 Å². The molecule has 1 aromatic carbocycles. The van der Waals surface area contributed by atoms with Crippen molar-refractivity contribution in [3.8, 4) is 5.75 Å². The minimum absolute atomic E-state index is 0.173. The molecular weight excluding hydrogens is 283 g/mol. The van der Waals surface area contributed by atoms with E-state index in [0.717, 1.165) is 11.8 Å². The molecule has 1 aliphatic heterocycles. The Bertz CT molecular complexity index is 713. The number of ether oxygens (including phenoxy) is 1. The van der Waals surface area contributed by atoms with Crippen molar-refractivity contribution >= 4 is 33.7 Å². The number of rotatable bonds is 3. The SMILES string of the molecule is CCOc1cc2nc(C3=NNC(=O)SC3)[nH]c2cc1F. The lowest BCUT2D eigenvalue weighted by molar-refractivity contribution is 0.261. The predicted molar refractivity (Wildman–Crippen MR) is 74.7 cm³/mol. The largest absolute Gasteiger partial charge is 0.491 e. The molecule has 0 unspecified atom stereocenters. The summed E-state index contributed by atoms with van der Waals surface area (Å²) in [6.07, 6.45) is 0. The Balaban J connectivity index is 2.00. The Morgan fingerprint density at radius 3 is 3.05 bits per heavy atom. The van der Waals surface area contributed by atoms with Crippen molar-refractivity contribution in [2.45, 2.75) is 6.92 Å². The van der Waals surface area contributed by atoms with Crippen LogP contribution in [0.15, 0.2) is 17.2 Å². The maximum atomic E-state index is 13.7. The summed E-state index contributed by atoms with van der Waals surface area (Å²) in [4.78, 5) is 18.4. The van der Waals surface area contributed by atoms with Gasteiger partial charge in [0, 0.05) is 12.1 Å². The molecule has 6 nitrogen and oxygen atoms in total. The number of imidazole rings is 1. The van der Waals surface area contributed by atoms with Gasteiger partial charge in [0.2, 0.25) is 0 Å². The maximum absolute atomic E-state index is 13.7. The van der Waals surface area contributed by atoms with E-state index in [1.54, 1.807) is 13.0 Å². The van der Waals surface area contributed by atoms with Crippen LogP contribution in [0.25, 0.3) is 11.0 Å². The van der Waals surface area contributed by atoms with Crippen molar-refractivity contribution in [3.63, 3.8) is 0 Å². The Kier molecular flexibility index (Phi) is 3.31. The Labute approximate surface area is 117 Å². The zero-order valence-corrected chi connectivity index (χ0v) is 11.4. The van der Waals surface area contributed by atoms with Crippen LogP contribution >= 0.6 is 11.8 Å². The molecule has 0 radical (unpaired) electrons. The minimum Gasteiger partial charge on any atom is -0.491 e. The lowest BCUT2D eigenvalue weighted by Crippen LogP contribution is -2.24. The van der Waals surface area contributed by atoms with Crippen molar-refractivity contribution in [2.75, 3.05) is 12.4 Å². The van der Waals surface area contributed by atoms with Crippen LogP contribution in [0.4, 0.5) is 9.18 Å². The van der Waals surface area contributed by atoms with E-state index in [4.69, 9.17) is 4.74 Å². The lowest BCUT2D eigenvalue weighted by atomic mass is 10.3. The molecule has 0 atom stereocenters. The van der Waals surface area contributed by atoms with Gasteiger partial charge in [0.05, 0.1) is 23.4 Å². The minimum atomic E-state index is -0.442. The Morgan fingerprint density at radius 1 is 1.50 bits per heavy atom. The number of H-pyrrole nitrogens is 1. The second-order valence-electron chi connectivity index (χ2n) is 4.06. The molecule has 1 aliphatic rings. The molecule has 2 N–H and O–H groups in total. The molecule has 0 saturated carbocycles. The predicted octanol–water partition coefficient (Wildman–Crippen LogP) is 2.26. The third-order valence-electron chi connectivity index (χ3n) is 2.73. The molecule has 0 spiro atoms. The van der Waals surface area contributed by atoms with Crippen molar-refractivity contribution in [2.24, 2.45) is 5.10 Å². The Morgan fingerprint density at radius 2 is 2.35 bits per heavy atom. The van der Waals surface area contributed by atoms with Gasteiger partial charge in [-0.05, 0) is 6.92 Å². The van der Waals surface area contributed by atoms with E-state index in [1.165, 1.54) is 6.07 Å². The average Bonchev–Trinajstić information content (AvgIpc) is 2.83. The summed E-state index contributed by atoms with van der Waals surface area (Å²) in [6.45, 7) is 2.17. The van der Waals surface area contributed by atoms with E-state index in [-0.39, 0.29) is 11.0 Å². The molecule has 0 aliphatic carbocycles. The monoisotopic (exact) mass is 294 g/mol. The highest BCUT2D eigenvalue weighted by Gasteiger charge is 2.18. The molecule has 0 saturated heterocycles. The second kappa shape index (κ2) is 5.12. The van der Waals surface area contributed by atoms with Gasteiger partial charge in [0.1, 0.15) is 5.71 Å². The summed E-state index contributed by atoms with van der Waals surface area (Å²) in [5, 5.41) is 3.74. The van der Waals surface area contributed by atoms with Crippen LogP contribution in [0.5, 0.6) is 5.75 Å². The number of hydrazone groups is 1. The first kappa shape index (κ1) is 12.9. The first-order valence-electron chi connectivity index (χ1n) is 5.99. The van der Waals surface area contributed by atoms with Gasteiger partial charge in [-0.3, -0.25) is 4.79 Å². The van der Waals surface area contributed by atoms with E-state index < -0.39 is 5.82 Å². The van der Waals surface area contributed by atoms with E-state index in [1.807, 2.05) is 0 Å². The number of nitrogens with one attached hydrogen (secondary N) is 2. The maximum Gasteiger partial charge on any atom is 0.299 e. The smallest absolute Gasteiger partial charge is 0.299 e. The normalized spacial score (nSPS) is 15.1. The zero-order chi connectivity index (χ0) is 14.1. The third kappa shape index (κ3) is 2.34. The fourth-order valence-corrected chi connectivity index (χ4v) is 2.43. The van der Waals surface area contributed by atoms with Crippen LogP contribution in [0.3, 0.4) is 0 Å². The number of carbonyl (C=O) groups excluding carboxylic acids is 1. The molecule has 1 aromatic heterocycles. The topological polar surface area (TPSA) is 79.4 Å².